The summed E-state index contributed by atoms with van der Waals surface area (Å²) in [5.41, 5.74) is 1.44. The van der Waals surface area contributed by atoms with Crippen LogP contribution in [0.2, 0.25) is 0 Å². The van der Waals surface area contributed by atoms with E-state index in [0.29, 0.717) is 17.2 Å². The summed E-state index contributed by atoms with van der Waals surface area (Å²) in [6.45, 7) is 1.76. The zero-order chi connectivity index (χ0) is 15.4. The van der Waals surface area contributed by atoms with Crippen molar-refractivity contribution in [2.75, 3.05) is 27.3 Å². The number of methoxy groups -OCH3 is 2. The lowest BCUT2D eigenvalue weighted by molar-refractivity contribution is 0.402. The Morgan fingerprint density at radius 3 is 2.59 bits per heavy atom. The van der Waals surface area contributed by atoms with Crippen molar-refractivity contribution in [2.24, 2.45) is 10.2 Å². The van der Waals surface area contributed by atoms with Gasteiger partial charge < -0.3 is 14.0 Å². The molecule has 2 heterocycles. The van der Waals surface area contributed by atoms with Crippen molar-refractivity contribution in [3.63, 3.8) is 0 Å². The first kappa shape index (κ1) is 14.5. The highest BCUT2D eigenvalue weighted by Gasteiger charge is 2.14. The maximum absolute atomic E-state index is 5.44. The van der Waals surface area contributed by atoms with Crippen LogP contribution in [-0.2, 0) is 0 Å². The molecule has 2 N–H and O–H groups in total. The lowest BCUT2D eigenvalue weighted by Crippen LogP contribution is -2.27. The Bertz CT molecular complexity index is 650. The molecule has 8 nitrogen and oxygen atoms in total. The van der Waals surface area contributed by atoms with Gasteiger partial charge in [-0.2, -0.15) is 5.11 Å². The number of nitrogens with zero attached hydrogens (tertiary/aromatic N) is 4. The fourth-order valence-corrected chi connectivity index (χ4v) is 2.24. The molecule has 2 aromatic rings. The quantitative estimate of drug-likeness (QED) is 0.817. The number of azo groups is 1. The summed E-state index contributed by atoms with van der Waals surface area (Å²) in [5.74, 6) is 1.28. The Morgan fingerprint density at radius 2 is 1.95 bits per heavy atom. The maximum atomic E-state index is 5.44. The van der Waals surface area contributed by atoms with Gasteiger partial charge in [-0.3, -0.25) is 10.6 Å². The first-order valence-corrected chi connectivity index (χ1v) is 6.94. The maximum Gasteiger partial charge on any atom is 0.174 e. The molecular formula is C14H18N6O2. The number of benzene rings is 1. The van der Waals surface area contributed by atoms with Crippen LogP contribution < -0.4 is 20.1 Å². The Labute approximate surface area is 128 Å². The topological polar surface area (TPSA) is 85.1 Å². The van der Waals surface area contributed by atoms with E-state index in [2.05, 4.69) is 25.8 Å². The molecule has 0 amide bonds. The van der Waals surface area contributed by atoms with Gasteiger partial charge >= 0.3 is 0 Å². The van der Waals surface area contributed by atoms with Crippen LogP contribution in [0.25, 0.3) is 5.69 Å². The van der Waals surface area contributed by atoms with Crippen LogP contribution in [0, 0.1) is 0 Å². The largest absolute Gasteiger partial charge is 0.494 e. The molecule has 0 bridgehead atoms. The van der Waals surface area contributed by atoms with E-state index < -0.39 is 0 Å². The van der Waals surface area contributed by atoms with Gasteiger partial charge in [0.05, 0.1) is 26.2 Å². The predicted octanol–water partition coefficient (Wildman–Crippen LogP) is 1.45. The van der Waals surface area contributed by atoms with Crippen LogP contribution in [0.5, 0.6) is 11.5 Å². The minimum atomic E-state index is -0.163. The molecule has 0 unspecified atom stereocenters. The van der Waals surface area contributed by atoms with E-state index in [9.17, 15) is 0 Å². The van der Waals surface area contributed by atoms with Crippen LogP contribution in [0.4, 0.5) is 5.69 Å². The standard InChI is InChI=1S/C14H18N6O2/c1-21-12-8-11(20-6-5-15-9-20)13(22-2)7-10(12)18-19-14-16-3-4-17-14/h5-9,14,16-17H,3-4H2,1-2H3. The molecule has 1 fully saturated rings. The van der Waals surface area contributed by atoms with Gasteiger partial charge in [-0.05, 0) is 0 Å². The van der Waals surface area contributed by atoms with E-state index in [4.69, 9.17) is 9.47 Å². The number of nitrogens with one attached hydrogen (secondary N) is 2. The molecule has 1 aliphatic rings. The highest BCUT2D eigenvalue weighted by molar-refractivity contribution is 5.63. The average molecular weight is 302 g/mol. The van der Waals surface area contributed by atoms with Crippen molar-refractivity contribution in [2.45, 2.75) is 6.29 Å². The molecule has 1 saturated heterocycles. The number of ether oxygens (including phenoxy) is 2. The lowest BCUT2D eigenvalue weighted by Gasteiger charge is -2.13. The molecule has 1 aromatic heterocycles. The number of hydrogen-bond donors (Lipinski definition) is 2. The lowest BCUT2D eigenvalue weighted by atomic mass is 10.2. The molecule has 0 radical (unpaired) electrons. The second-order valence-electron chi connectivity index (χ2n) is 4.69. The van der Waals surface area contributed by atoms with Crippen LogP contribution in [0.1, 0.15) is 0 Å². The van der Waals surface area contributed by atoms with Gasteiger partial charge in [0.25, 0.3) is 0 Å². The van der Waals surface area contributed by atoms with E-state index in [0.717, 1.165) is 18.8 Å². The van der Waals surface area contributed by atoms with E-state index in [1.165, 1.54) is 0 Å². The third kappa shape index (κ3) is 2.92. The molecule has 3 rings (SSSR count). The first-order chi connectivity index (χ1) is 10.8. The predicted molar refractivity (Wildman–Crippen MR) is 81.0 cm³/mol. The second-order valence-corrected chi connectivity index (χ2v) is 4.69. The summed E-state index contributed by atoms with van der Waals surface area (Å²) in [6, 6.07) is 3.65. The molecular weight excluding hydrogens is 284 g/mol. The molecule has 0 aliphatic carbocycles. The Hall–Kier alpha value is -2.45. The Balaban J connectivity index is 1.96. The summed E-state index contributed by atoms with van der Waals surface area (Å²) >= 11 is 0. The fourth-order valence-electron chi connectivity index (χ4n) is 2.24. The Kier molecular flexibility index (Phi) is 4.31. The average Bonchev–Trinajstić information content (AvgIpc) is 3.25. The highest BCUT2D eigenvalue weighted by Crippen LogP contribution is 2.37. The highest BCUT2D eigenvalue weighted by atomic mass is 16.5. The number of imidazole rings is 1. The minimum Gasteiger partial charge on any atom is -0.494 e. The summed E-state index contributed by atoms with van der Waals surface area (Å²) in [5, 5.41) is 14.8. The molecule has 116 valence electrons. The van der Waals surface area contributed by atoms with Crippen molar-refractivity contribution in [3.8, 4) is 17.2 Å². The third-order valence-electron chi connectivity index (χ3n) is 3.34. The van der Waals surface area contributed by atoms with Crippen molar-refractivity contribution in [1.82, 2.24) is 20.2 Å². The summed E-state index contributed by atoms with van der Waals surface area (Å²) in [4.78, 5) is 4.05. The number of rotatable bonds is 5. The molecule has 0 saturated carbocycles. The zero-order valence-electron chi connectivity index (χ0n) is 12.5. The van der Waals surface area contributed by atoms with Crippen molar-refractivity contribution < 1.29 is 9.47 Å². The van der Waals surface area contributed by atoms with Crippen molar-refractivity contribution >= 4 is 5.69 Å². The zero-order valence-corrected chi connectivity index (χ0v) is 12.5. The van der Waals surface area contributed by atoms with Crippen molar-refractivity contribution in [1.29, 1.82) is 0 Å². The van der Waals surface area contributed by atoms with Crippen LogP contribution in [-0.4, -0.2) is 43.1 Å². The van der Waals surface area contributed by atoms with E-state index >= 15 is 0 Å². The van der Waals surface area contributed by atoms with Gasteiger partial charge in [0.2, 0.25) is 0 Å². The van der Waals surface area contributed by atoms with E-state index in [1.807, 2.05) is 16.8 Å². The second kappa shape index (κ2) is 6.54. The number of hydrogen-bond acceptors (Lipinski definition) is 7. The molecule has 0 spiro atoms. The van der Waals surface area contributed by atoms with Crippen LogP contribution >= 0.6 is 0 Å². The summed E-state index contributed by atoms with van der Waals surface area (Å²) in [7, 11) is 3.22. The first-order valence-electron chi connectivity index (χ1n) is 6.94. The monoisotopic (exact) mass is 302 g/mol. The van der Waals surface area contributed by atoms with Gasteiger partial charge in [0.1, 0.15) is 17.2 Å². The fraction of sp³-hybridized carbons (Fsp3) is 0.357. The van der Waals surface area contributed by atoms with Crippen LogP contribution in [0.15, 0.2) is 41.1 Å². The van der Waals surface area contributed by atoms with Gasteiger partial charge in [-0.1, -0.05) is 0 Å². The molecule has 8 heteroatoms. The summed E-state index contributed by atoms with van der Waals surface area (Å²) < 4.78 is 12.7. The van der Waals surface area contributed by atoms with E-state index in [1.54, 1.807) is 32.8 Å². The molecule has 1 aromatic carbocycles. The molecule has 1 aliphatic heterocycles. The Morgan fingerprint density at radius 1 is 1.18 bits per heavy atom. The third-order valence-corrected chi connectivity index (χ3v) is 3.34. The summed E-state index contributed by atoms with van der Waals surface area (Å²) in [6.07, 6.45) is 5.08. The SMILES string of the molecule is COc1cc(-n2ccnc2)c(OC)cc1N=NC1NCCN1. The molecule has 0 atom stereocenters. The van der Waals surface area contributed by atoms with Gasteiger partial charge in [-0.25, -0.2) is 4.98 Å². The van der Waals surface area contributed by atoms with Gasteiger partial charge in [0.15, 0.2) is 6.29 Å². The van der Waals surface area contributed by atoms with Gasteiger partial charge in [-0.15, -0.1) is 5.11 Å². The van der Waals surface area contributed by atoms with Gasteiger partial charge in [0, 0.05) is 37.6 Å². The molecule has 22 heavy (non-hydrogen) atoms. The normalized spacial score (nSPS) is 15.5. The minimum absolute atomic E-state index is 0.163. The van der Waals surface area contributed by atoms with Crippen LogP contribution in [0.3, 0.4) is 0 Å². The number of aromatic nitrogens is 2. The van der Waals surface area contributed by atoms with Crippen molar-refractivity contribution in [3.05, 3.63) is 30.9 Å². The smallest absolute Gasteiger partial charge is 0.174 e. The van der Waals surface area contributed by atoms with E-state index in [-0.39, 0.29) is 6.29 Å².